The molecule has 21 heavy (non-hydrogen) atoms. The summed E-state index contributed by atoms with van der Waals surface area (Å²) in [4.78, 5) is 0. The van der Waals surface area contributed by atoms with Crippen molar-refractivity contribution in [3.8, 4) is 0 Å². The van der Waals surface area contributed by atoms with Crippen LogP contribution in [0.5, 0.6) is 0 Å². The minimum absolute atomic E-state index is 0.130. The van der Waals surface area contributed by atoms with Gasteiger partial charge in [0.15, 0.2) is 23.3 Å². The molecule has 0 aliphatic rings. The van der Waals surface area contributed by atoms with Crippen LogP contribution in [-0.2, 0) is 6.54 Å². The third-order valence-electron chi connectivity index (χ3n) is 3.15. The van der Waals surface area contributed by atoms with Crippen molar-refractivity contribution in [3.63, 3.8) is 0 Å². The second-order valence-corrected chi connectivity index (χ2v) is 4.43. The van der Waals surface area contributed by atoms with Crippen LogP contribution in [0.25, 0.3) is 0 Å². The summed E-state index contributed by atoms with van der Waals surface area (Å²) < 4.78 is 66.0. The number of nitrogen functional groups attached to an aromatic ring is 1. The van der Waals surface area contributed by atoms with E-state index in [2.05, 4.69) is 5.32 Å². The molecule has 0 spiro atoms. The Balaban J connectivity index is 2.35. The zero-order valence-corrected chi connectivity index (χ0v) is 10.9. The third kappa shape index (κ3) is 2.63. The number of hydrogen-bond donors (Lipinski definition) is 2. The summed E-state index contributed by atoms with van der Waals surface area (Å²) in [7, 11) is 0. The normalized spacial score (nSPS) is 10.8. The molecule has 0 bridgehead atoms. The molecule has 0 aliphatic heterocycles. The first kappa shape index (κ1) is 15.1. The lowest BCUT2D eigenvalue weighted by Gasteiger charge is -2.13. The van der Waals surface area contributed by atoms with Gasteiger partial charge in [-0.25, -0.2) is 22.0 Å². The highest BCUT2D eigenvalue weighted by molar-refractivity contribution is 5.53. The molecule has 0 atom stereocenters. The summed E-state index contributed by atoms with van der Waals surface area (Å²) in [5.74, 6) is -9.95. The van der Waals surface area contributed by atoms with Gasteiger partial charge in [-0.2, -0.15) is 0 Å². The van der Waals surface area contributed by atoms with Gasteiger partial charge in [-0.1, -0.05) is 12.1 Å². The van der Waals surface area contributed by atoms with Crippen LogP contribution in [0.15, 0.2) is 18.2 Å². The van der Waals surface area contributed by atoms with Gasteiger partial charge in [0.05, 0.1) is 0 Å². The Hall–Kier alpha value is -2.31. The fourth-order valence-corrected chi connectivity index (χ4v) is 1.84. The second kappa shape index (κ2) is 5.59. The quantitative estimate of drug-likeness (QED) is 0.391. The first-order valence-electron chi connectivity index (χ1n) is 5.93. The monoisotopic (exact) mass is 302 g/mol. The molecule has 0 saturated heterocycles. The Kier molecular flexibility index (Phi) is 4.02. The van der Waals surface area contributed by atoms with Crippen molar-refractivity contribution >= 4 is 11.4 Å². The number of rotatable bonds is 3. The van der Waals surface area contributed by atoms with Crippen LogP contribution in [0, 0.1) is 36.0 Å². The zero-order chi connectivity index (χ0) is 15.7. The van der Waals surface area contributed by atoms with Gasteiger partial charge in [-0.15, -0.1) is 0 Å². The summed E-state index contributed by atoms with van der Waals surface area (Å²) in [6, 6.07) is 4.89. The largest absolute Gasteiger partial charge is 0.399 e. The smallest absolute Gasteiger partial charge is 0.200 e. The Morgan fingerprint density at radius 2 is 1.43 bits per heavy atom. The lowest BCUT2D eigenvalue weighted by atomic mass is 10.1. The predicted molar refractivity (Wildman–Crippen MR) is 69.2 cm³/mol. The Labute approximate surface area is 117 Å². The van der Waals surface area contributed by atoms with Gasteiger partial charge in [-0.3, -0.25) is 0 Å². The van der Waals surface area contributed by atoms with Crippen molar-refractivity contribution in [1.82, 2.24) is 0 Å². The molecule has 0 radical (unpaired) electrons. The van der Waals surface area contributed by atoms with Crippen LogP contribution in [-0.4, -0.2) is 0 Å². The summed E-state index contributed by atoms with van der Waals surface area (Å²) in [5.41, 5.74) is 6.32. The van der Waals surface area contributed by atoms with Gasteiger partial charge in [0, 0.05) is 12.2 Å². The maximum Gasteiger partial charge on any atom is 0.200 e. The molecule has 3 N–H and O–H groups in total. The average molecular weight is 302 g/mol. The van der Waals surface area contributed by atoms with Crippen LogP contribution in [0.2, 0.25) is 0 Å². The molecule has 2 rings (SSSR count). The highest BCUT2D eigenvalue weighted by atomic mass is 19.2. The van der Waals surface area contributed by atoms with E-state index in [0.29, 0.717) is 16.8 Å². The molecule has 2 nitrogen and oxygen atoms in total. The van der Waals surface area contributed by atoms with E-state index in [1.165, 1.54) is 0 Å². The SMILES string of the molecule is Cc1c(N)cccc1CNc1c(F)c(F)c(F)c(F)c1F. The average Bonchev–Trinajstić information content (AvgIpc) is 2.47. The van der Waals surface area contributed by atoms with E-state index in [0.717, 1.165) is 0 Å². The summed E-state index contributed by atoms with van der Waals surface area (Å²) in [6.07, 6.45) is 0. The predicted octanol–water partition coefficient (Wildman–Crippen LogP) is 3.88. The Morgan fingerprint density at radius 3 is 2.00 bits per heavy atom. The maximum atomic E-state index is 13.5. The molecule has 0 aromatic heterocycles. The number of halogens is 5. The Bertz CT molecular complexity index is 671. The molecule has 0 unspecified atom stereocenters. The van der Waals surface area contributed by atoms with E-state index in [1.54, 1.807) is 25.1 Å². The highest BCUT2D eigenvalue weighted by Gasteiger charge is 2.25. The van der Waals surface area contributed by atoms with Crippen LogP contribution >= 0.6 is 0 Å². The van der Waals surface area contributed by atoms with Gasteiger partial charge in [-0.05, 0) is 24.1 Å². The summed E-state index contributed by atoms with van der Waals surface area (Å²) in [6.45, 7) is 1.56. The van der Waals surface area contributed by atoms with E-state index in [-0.39, 0.29) is 6.54 Å². The van der Waals surface area contributed by atoms with E-state index in [4.69, 9.17) is 5.73 Å². The molecule has 112 valence electrons. The lowest BCUT2D eigenvalue weighted by Crippen LogP contribution is -2.10. The first-order valence-corrected chi connectivity index (χ1v) is 5.93. The minimum Gasteiger partial charge on any atom is -0.399 e. The number of benzene rings is 2. The molecule has 0 aliphatic carbocycles. The fraction of sp³-hybridized carbons (Fsp3) is 0.143. The van der Waals surface area contributed by atoms with Crippen LogP contribution in [0.4, 0.5) is 33.3 Å². The molecule has 7 heteroatoms. The van der Waals surface area contributed by atoms with Crippen molar-refractivity contribution in [3.05, 3.63) is 58.4 Å². The minimum atomic E-state index is -2.18. The van der Waals surface area contributed by atoms with Gasteiger partial charge in [0.2, 0.25) is 5.82 Å². The van der Waals surface area contributed by atoms with Crippen molar-refractivity contribution in [2.45, 2.75) is 13.5 Å². The van der Waals surface area contributed by atoms with Gasteiger partial charge >= 0.3 is 0 Å². The van der Waals surface area contributed by atoms with Crippen molar-refractivity contribution in [2.24, 2.45) is 0 Å². The topological polar surface area (TPSA) is 38.0 Å². The van der Waals surface area contributed by atoms with E-state index in [9.17, 15) is 22.0 Å². The second-order valence-electron chi connectivity index (χ2n) is 4.43. The van der Waals surface area contributed by atoms with Gasteiger partial charge in [0.1, 0.15) is 5.69 Å². The van der Waals surface area contributed by atoms with Gasteiger partial charge < -0.3 is 11.1 Å². The van der Waals surface area contributed by atoms with Crippen LogP contribution in [0.1, 0.15) is 11.1 Å². The standard InChI is InChI=1S/C14H11F5N2/c1-6-7(3-2-4-8(6)20)5-21-14-12(18)10(16)9(15)11(17)13(14)19/h2-4,21H,5,20H2,1H3. The molecular formula is C14H11F5N2. The van der Waals surface area contributed by atoms with E-state index in [1.807, 2.05) is 0 Å². The zero-order valence-electron chi connectivity index (χ0n) is 10.9. The van der Waals surface area contributed by atoms with Gasteiger partial charge in [0.25, 0.3) is 0 Å². The molecule has 0 heterocycles. The summed E-state index contributed by atoms with van der Waals surface area (Å²) >= 11 is 0. The van der Waals surface area contributed by atoms with E-state index >= 15 is 0 Å². The third-order valence-corrected chi connectivity index (χ3v) is 3.15. The number of hydrogen-bond acceptors (Lipinski definition) is 2. The van der Waals surface area contributed by atoms with Crippen molar-refractivity contribution in [1.29, 1.82) is 0 Å². The molecule has 0 amide bonds. The van der Waals surface area contributed by atoms with E-state index < -0.39 is 34.8 Å². The first-order chi connectivity index (χ1) is 9.84. The van der Waals surface area contributed by atoms with Crippen molar-refractivity contribution < 1.29 is 22.0 Å². The molecule has 2 aromatic rings. The molecular weight excluding hydrogens is 291 g/mol. The molecule has 2 aromatic carbocycles. The summed E-state index contributed by atoms with van der Waals surface area (Å²) in [5, 5.41) is 2.22. The molecule has 0 fully saturated rings. The van der Waals surface area contributed by atoms with Crippen LogP contribution < -0.4 is 11.1 Å². The van der Waals surface area contributed by atoms with Crippen LogP contribution in [0.3, 0.4) is 0 Å². The lowest BCUT2D eigenvalue weighted by molar-refractivity contribution is 0.381. The Morgan fingerprint density at radius 1 is 0.905 bits per heavy atom. The van der Waals surface area contributed by atoms with Crippen molar-refractivity contribution in [2.75, 3.05) is 11.1 Å². The number of anilines is 2. The number of nitrogens with two attached hydrogens (primary N) is 1. The fourth-order valence-electron chi connectivity index (χ4n) is 1.84. The number of nitrogens with one attached hydrogen (secondary N) is 1. The highest BCUT2D eigenvalue weighted by Crippen LogP contribution is 2.28. The molecule has 0 saturated carbocycles. The maximum absolute atomic E-state index is 13.5.